The maximum Gasteiger partial charge on any atom is 0.342 e. The third-order valence-electron chi connectivity index (χ3n) is 9.00. The number of aliphatic hydroxyl groups excluding tert-OH is 5. The number of carbonyl (C=O) groups excluding carboxylic acids is 4. The minimum Gasteiger partial charge on any atom is -0.504 e. The van der Waals surface area contributed by atoms with Gasteiger partial charge in [-0.05, 0) is 12.1 Å². The van der Waals surface area contributed by atoms with Crippen LogP contribution in [0.25, 0.3) is 0 Å². The Morgan fingerprint density at radius 1 is 0.943 bits per heavy atom. The van der Waals surface area contributed by atoms with E-state index in [0.717, 1.165) is 26.2 Å². The van der Waals surface area contributed by atoms with Crippen molar-refractivity contribution in [2.24, 2.45) is 5.92 Å². The summed E-state index contributed by atoms with van der Waals surface area (Å²) in [6.45, 7) is 4.07. The van der Waals surface area contributed by atoms with E-state index in [1.165, 1.54) is 18.2 Å². The summed E-state index contributed by atoms with van der Waals surface area (Å²) in [5.41, 5.74) is -2.53. The van der Waals surface area contributed by atoms with Gasteiger partial charge in [-0.15, -0.1) is 6.58 Å². The fourth-order valence-electron chi connectivity index (χ4n) is 6.29. The largest absolute Gasteiger partial charge is 0.504 e. The van der Waals surface area contributed by atoms with Crippen LogP contribution < -0.4 is 4.74 Å². The highest BCUT2D eigenvalue weighted by atomic mass is 16.8. The van der Waals surface area contributed by atoms with E-state index in [1.54, 1.807) is 0 Å². The molecule has 13 atom stereocenters. The van der Waals surface area contributed by atoms with Crippen LogP contribution in [0.15, 0.2) is 42.7 Å². The molecule has 3 fully saturated rings. The van der Waals surface area contributed by atoms with E-state index < -0.39 is 133 Å². The van der Waals surface area contributed by atoms with Crippen LogP contribution in [0.2, 0.25) is 0 Å². The topological polar surface area (TPSA) is 293 Å². The Bertz CT molecular complexity index is 1580. The molecule has 0 spiro atoms. The molecule has 0 amide bonds. The number of phenolic OH excluding ortho intramolecular Hbond substituents is 1. The van der Waals surface area contributed by atoms with E-state index in [-0.39, 0.29) is 18.6 Å². The number of aromatic hydroxyl groups is 1. The van der Waals surface area contributed by atoms with Gasteiger partial charge in [-0.25, -0.2) is 9.59 Å². The Balaban J connectivity index is 1.36. The molecule has 5 rings (SSSR count). The molecule has 0 radical (unpaired) electrons. The fourth-order valence-corrected chi connectivity index (χ4v) is 6.29. The second-order valence-electron chi connectivity index (χ2n) is 12.5. The summed E-state index contributed by atoms with van der Waals surface area (Å²) < 4.78 is 49.0. The second-order valence-corrected chi connectivity index (χ2v) is 12.5. The van der Waals surface area contributed by atoms with Gasteiger partial charge in [0.15, 0.2) is 30.0 Å². The first-order valence-electron chi connectivity index (χ1n) is 16.3. The highest BCUT2D eigenvalue weighted by molar-refractivity contribution is 5.93. The summed E-state index contributed by atoms with van der Waals surface area (Å²) in [7, 11) is 0. The first-order valence-corrected chi connectivity index (χ1v) is 16.3. The predicted octanol–water partition coefficient (Wildman–Crippen LogP) is -2.59. The lowest BCUT2D eigenvalue weighted by Crippen LogP contribution is -2.63. The molecule has 20 nitrogen and oxygen atoms in total. The summed E-state index contributed by atoms with van der Waals surface area (Å²) in [6, 6.07) is 3.56. The monoisotopic (exact) mass is 756 g/mol. The van der Waals surface area contributed by atoms with E-state index in [1.807, 2.05) is 0 Å². The number of hydrogen-bond acceptors (Lipinski definition) is 20. The lowest BCUT2D eigenvalue weighted by molar-refractivity contribution is -0.345. The van der Waals surface area contributed by atoms with Gasteiger partial charge in [0.05, 0.1) is 25.4 Å². The molecule has 4 heterocycles. The smallest absolute Gasteiger partial charge is 0.342 e. The summed E-state index contributed by atoms with van der Waals surface area (Å²) in [5.74, 6) is -6.21. The van der Waals surface area contributed by atoms with Crippen molar-refractivity contribution in [2.75, 3.05) is 19.8 Å². The summed E-state index contributed by atoms with van der Waals surface area (Å²) in [5, 5.41) is 73.4. The van der Waals surface area contributed by atoms with Gasteiger partial charge in [0, 0.05) is 20.3 Å². The number of fused-ring (bicyclic) bond motifs is 1. The maximum atomic E-state index is 13.3. The van der Waals surface area contributed by atoms with Gasteiger partial charge in [-0.1, -0.05) is 12.1 Å². The van der Waals surface area contributed by atoms with Gasteiger partial charge in [0.2, 0.25) is 12.6 Å². The zero-order valence-electron chi connectivity index (χ0n) is 28.3. The lowest BCUT2D eigenvalue weighted by Gasteiger charge is -2.47. The quantitative estimate of drug-likeness (QED) is 0.0693. The Morgan fingerprint density at radius 3 is 2.28 bits per heavy atom. The summed E-state index contributed by atoms with van der Waals surface area (Å²) >= 11 is 0. The third-order valence-corrected chi connectivity index (χ3v) is 9.00. The molecule has 20 heteroatoms. The van der Waals surface area contributed by atoms with Crippen LogP contribution in [0.5, 0.6) is 11.5 Å². The molecular weight excluding hydrogens is 716 g/mol. The zero-order chi connectivity index (χ0) is 38.8. The van der Waals surface area contributed by atoms with E-state index in [2.05, 4.69) is 6.58 Å². The minimum atomic E-state index is -1.87. The van der Waals surface area contributed by atoms with Crippen molar-refractivity contribution in [1.29, 1.82) is 0 Å². The molecule has 53 heavy (non-hydrogen) atoms. The molecule has 0 aromatic heterocycles. The molecule has 292 valence electrons. The van der Waals surface area contributed by atoms with Crippen LogP contribution >= 0.6 is 0 Å². The first kappa shape index (κ1) is 39.8. The van der Waals surface area contributed by atoms with E-state index >= 15 is 0 Å². The number of esters is 4. The predicted molar refractivity (Wildman–Crippen MR) is 167 cm³/mol. The van der Waals surface area contributed by atoms with Crippen LogP contribution in [0.3, 0.4) is 0 Å². The number of rotatable bonds is 11. The lowest BCUT2D eigenvalue weighted by atomic mass is 9.76. The molecular formula is C33H40O20. The Hall–Kier alpha value is -4.38. The Morgan fingerprint density at radius 2 is 1.62 bits per heavy atom. The van der Waals surface area contributed by atoms with Crippen molar-refractivity contribution < 1.29 is 97.6 Å². The van der Waals surface area contributed by atoms with E-state index in [9.17, 15) is 54.9 Å². The summed E-state index contributed by atoms with van der Waals surface area (Å²) in [6.07, 6.45) is -16.1. The van der Waals surface area contributed by atoms with Crippen molar-refractivity contribution in [1.82, 2.24) is 0 Å². The third kappa shape index (κ3) is 8.10. The van der Waals surface area contributed by atoms with Crippen LogP contribution in [-0.4, -0.2) is 153 Å². The molecule has 0 bridgehead atoms. The Labute approximate surface area is 300 Å². The SMILES string of the molecule is C=C[C@H]1[C@H](O[C@@H]2O[C@H](COC(=O)c3cccc(O[C@@H]4O[C@H](CO)[C@@H](O)[C@H](O)[C@H]4O)c3O)[C@@H](OC(C)=O)[C@H](OC(C)=O)[C@H]2O)OC=C2C(=O)OCC[C@]21O. The molecule has 0 unspecified atom stereocenters. The molecule has 3 saturated heterocycles. The zero-order valence-corrected chi connectivity index (χ0v) is 28.3. The molecule has 0 saturated carbocycles. The normalized spacial score (nSPS) is 36.8. The maximum absolute atomic E-state index is 13.3. The highest BCUT2D eigenvalue weighted by Crippen LogP contribution is 2.42. The average Bonchev–Trinajstić information content (AvgIpc) is 3.10. The standard InChI is InChI=1S/C33H40O20/c1-4-16-30(47-11-17-29(43)45-9-8-33(16,17)44)53-32-25(41)27(49-14(3)36)26(48-13(2)35)20(52-32)12-46-28(42)15-6-5-7-18(21(15)37)50-31-24(40)23(39)22(38)19(10-34)51-31/h4-7,11,16,19-20,22-27,30-32,34,37-41,44H,1,8-10,12H2,2-3H3/t16-,19+,20+,22+,23-,24+,25+,26+,27+,30-,31+,32-,33+/m0/s1. The van der Waals surface area contributed by atoms with Gasteiger partial charge in [0.25, 0.3) is 0 Å². The van der Waals surface area contributed by atoms with Crippen molar-refractivity contribution in [3.63, 3.8) is 0 Å². The van der Waals surface area contributed by atoms with Crippen molar-refractivity contribution in [3.8, 4) is 11.5 Å². The fraction of sp³-hybridized carbons (Fsp3) is 0.576. The van der Waals surface area contributed by atoms with Crippen molar-refractivity contribution in [2.45, 2.75) is 93.6 Å². The summed E-state index contributed by atoms with van der Waals surface area (Å²) in [4.78, 5) is 49.8. The molecule has 4 aliphatic heterocycles. The van der Waals surface area contributed by atoms with Crippen molar-refractivity contribution >= 4 is 23.9 Å². The molecule has 1 aromatic carbocycles. The molecule has 1 aromatic rings. The van der Waals surface area contributed by atoms with Gasteiger partial charge in [-0.3, -0.25) is 9.59 Å². The minimum absolute atomic E-state index is 0.0522. The van der Waals surface area contributed by atoms with Crippen LogP contribution in [0.1, 0.15) is 30.6 Å². The number of phenols is 1. The number of aliphatic hydroxyl groups is 6. The first-order chi connectivity index (χ1) is 25.1. The van der Waals surface area contributed by atoms with Crippen LogP contribution in [-0.2, 0) is 52.3 Å². The number of carbonyl (C=O) groups is 4. The van der Waals surface area contributed by atoms with Gasteiger partial charge < -0.3 is 78.4 Å². The van der Waals surface area contributed by atoms with Crippen LogP contribution in [0.4, 0.5) is 0 Å². The highest BCUT2D eigenvalue weighted by Gasteiger charge is 2.56. The number of para-hydroxylation sites is 1. The average molecular weight is 757 g/mol. The second kappa shape index (κ2) is 16.3. The molecule has 7 N–H and O–H groups in total. The molecule has 0 aliphatic carbocycles. The Kier molecular flexibility index (Phi) is 12.3. The number of benzene rings is 1. The van der Waals surface area contributed by atoms with E-state index in [4.69, 9.17) is 42.6 Å². The van der Waals surface area contributed by atoms with Gasteiger partial charge in [0.1, 0.15) is 60.0 Å². The van der Waals surface area contributed by atoms with Gasteiger partial charge >= 0.3 is 23.9 Å². The van der Waals surface area contributed by atoms with Crippen molar-refractivity contribution in [3.05, 3.63) is 48.3 Å². The number of hydrogen-bond donors (Lipinski definition) is 7. The van der Waals surface area contributed by atoms with Gasteiger partial charge in [-0.2, -0.15) is 0 Å². The van der Waals surface area contributed by atoms with Crippen LogP contribution in [0, 0.1) is 5.92 Å². The number of ether oxygens (including phenoxy) is 9. The van der Waals surface area contributed by atoms with E-state index in [0.29, 0.717) is 0 Å². The number of cyclic esters (lactones) is 1. The molecule has 4 aliphatic rings.